The molecule has 0 radical (unpaired) electrons. The molecule has 0 saturated carbocycles. The van der Waals surface area contributed by atoms with Gasteiger partial charge in [0.25, 0.3) is 11.8 Å². The van der Waals surface area contributed by atoms with Gasteiger partial charge in [-0.2, -0.15) is 10.5 Å². The van der Waals surface area contributed by atoms with Gasteiger partial charge in [0, 0.05) is 110 Å². The van der Waals surface area contributed by atoms with E-state index in [0.717, 1.165) is 82.9 Å². The van der Waals surface area contributed by atoms with Crippen molar-refractivity contribution in [2.24, 2.45) is 0 Å². The molecule has 6 heterocycles. The molecule has 0 atom stereocenters. The number of benzene rings is 4. The fraction of sp³-hybridized carbons (Fsp3) is 0.327. The average Bonchev–Trinajstić information content (AvgIpc) is 3.83. The Morgan fingerprint density at radius 3 is 1.34 bits per heavy atom. The quantitative estimate of drug-likeness (QED) is 0.144. The lowest BCUT2D eigenvalue weighted by molar-refractivity contribution is -0.0980. The predicted octanol–water partition coefficient (Wildman–Crippen LogP) is 7.14. The van der Waals surface area contributed by atoms with Crippen LogP contribution in [0.5, 0.6) is 0 Å². The predicted molar refractivity (Wildman–Crippen MR) is 250 cm³/mol. The molecule has 65 heavy (non-hydrogen) atoms. The maximum absolute atomic E-state index is 13.1. The molecule has 4 aliphatic heterocycles. The average molecular weight is 867 g/mol. The molecule has 0 unspecified atom stereocenters. The van der Waals surface area contributed by atoms with Crippen LogP contribution in [0.4, 0.5) is 0 Å². The summed E-state index contributed by atoms with van der Waals surface area (Å²) >= 11 is 0. The van der Waals surface area contributed by atoms with E-state index in [1.165, 1.54) is 11.1 Å². The number of amides is 2. The highest BCUT2D eigenvalue weighted by molar-refractivity contribution is 5.97. The Balaban J connectivity index is 0.000000171. The molecule has 2 aromatic heterocycles. The Morgan fingerprint density at radius 2 is 0.985 bits per heavy atom. The zero-order chi connectivity index (χ0) is 45.9. The number of H-pyrrole nitrogens is 2. The number of nitriles is 2. The van der Waals surface area contributed by atoms with E-state index >= 15 is 0 Å². The molecule has 10 rings (SSSR count). The number of aryl methyl sites for hydroxylation is 4. The van der Waals surface area contributed by atoms with Crippen LogP contribution in [0.2, 0.25) is 0 Å². The summed E-state index contributed by atoms with van der Waals surface area (Å²) in [5.41, 5.74) is 13.3. The minimum atomic E-state index is 0.0581. The summed E-state index contributed by atoms with van der Waals surface area (Å²) in [5, 5.41) is 21.2. The summed E-state index contributed by atoms with van der Waals surface area (Å²) in [4.78, 5) is 57.0. The number of rotatable bonds is 8. The summed E-state index contributed by atoms with van der Waals surface area (Å²) in [7, 11) is 2.12. The van der Waals surface area contributed by atoms with Gasteiger partial charge in [0.05, 0.1) is 34.7 Å². The summed E-state index contributed by atoms with van der Waals surface area (Å²) in [5.74, 6) is 3.74. The molecule has 4 saturated heterocycles. The van der Waals surface area contributed by atoms with Crippen molar-refractivity contribution in [3.63, 3.8) is 0 Å². The van der Waals surface area contributed by atoms with Gasteiger partial charge in [-0.15, -0.1) is 0 Å². The van der Waals surface area contributed by atoms with Crippen LogP contribution >= 0.6 is 0 Å². The first-order valence-electron chi connectivity index (χ1n) is 22.1. The zero-order valence-electron chi connectivity index (χ0n) is 37.6. The van der Waals surface area contributed by atoms with Crippen molar-refractivity contribution in [1.82, 2.24) is 40.0 Å². The summed E-state index contributed by atoms with van der Waals surface area (Å²) in [6.45, 7) is 17.0. The van der Waals surface area contributed by atoms with Crippen LogP contribution in [-0.2, 0) is 4.79 Å². The lowest BCUT2D eigenvalue weighted by Crippen LogP contribution is -2.48. The number of likely N-dealkylation sites (N-methyl/N-ethyl adjacent to an activating group) is 1. The third-order valence-corrected chi connectivity index (χ3v) is 13.3. The van der Waals surface area contributed by atoms with E-state index in [4.69, 9.17) is 25.3 Å². The van der Waals surface area contributed by atoms with Gasteiger partial charge in [0.2, 0.25) is 0 Å². The van der Waals surface area contributed by atoms with Gasteiger partial charge in [-0.25, -0.2) is 9.97 Å². The van der Waals surface area contributed by atoms with Gasteiger partial charge < -0.3 is 34.8 Å². The van der Waals surface area contributed by atoms with E-state index < -0.39 is 0 Å². The number of nitrogens with zero attached hydrogens (tertiary/aromatic N) is 7. The lowest BCUT2D eigenvalue weighted by Gasteiger charge is -2.39. The van der Waals surface area contributed by atoms with E-state index in [1.54, 1.807) is 0 Å². The Labute approximate surface area is 380 Å². The standard InChI is InChI=1S/C26H27N5O.C25H25N5O.CH2O/c1-16-4-7-20(10-23(16)24-17(2)28-25(29-24)22-12-30(3)13-22)26(32)31-14-21(15-31)19-8-5-18(11-27)6-9-19;1-15-3-6-19(9-22(15)23-16(2)28-24(29-23)20-11-27-12-20)25(31)30-13-21(14-30)18-7-4-17(10-26)5-8-18;1-2/h4-10,21-22H,12-15H2,1-3H3,(H,28,29);3-9,20-21,27H,11-14H2,1-2H3,(H,28,29);1H2. The van der Waals surface area contributed by atoms with Crippen molar-refractivity contribution in [2.75, 3.05) is 59.4 Å². The zero-order valence-corrected chi connectivity index (χ0v) is 37.6. The van der Waals surface area contributed by atoms with E-state index in [2.05, 4.69) is 60.1 Å². The molecule has 13 heteroatoms. The fourth-order valence-corrected chi connectivity index (χ4v) is 8.99. The van der Waals surface area contributed by atoms with E-state index in [9.17, 15) is 9.59 Å². The Morgan fingerprint density at radius 1 is 0.585 bits per heavy atom. The summed E-state index contributed by atoms with van der Waals surface area (Å²) in [6, 6.07) is 31.5. The number of aromatic nitrogens is 4. The van der Waals surface area contributed by atoms with Gasteiger partial charge in [-0.1, -0.05) is 36.4 Å². The number of carbonyl (C=O) groups is 3. The number of nitrogens with one attached hydrogen (secondary N) is 3. The lowest BCUT2D eigenvalue weighted by atomic mass is 9.90. The smallest absolute Gasteiger partial charge is 0.253 e. The first-order chi connectivity index (χ1) is 31.5. The van der Waals surface area contributed by atoms with Gasteiger partial charge in [-0.3, -0.25) is 9.59 Å². The van der Waals surface area contributed by atoms with Crippen molar-refractivity contribution in [3.05, 3.63) is 152 Å². The van der Waals surface area contributed by atoms with Crippen LogP contribution in [0.1, 0.15) is 101 Å². The van der Waals surface area contributed by atoms with Crippen LogP contribution in [0.3, 0.4) is 0 Å². The van der Waals surface area contributed by atoms with Crippen molar-refractivity contribution < 1.29 is 14.4 Å². The number of imidazole rings is 2. The topological polar surface area (TPSA) is 178 Å². The molecular weight excluding hydrogens is 813 g/mol. The summed E-state index contributed by atoms with van der Waals surface area (Å²) in [6.07, 6.45) is 0. The number of likely N-dealkylation sites (tertiary alicyclic amines) is 3. The van der Waals surface area contributed by atoms with Crippen LogP contribution in [0.25, 0.3) is 22.5 Å². The second kappa shape index (κ2) is 18.9. The maximum Gasteiger partial charge on any atom is 0.253 e. The Bertz CT molecular complexity index is 2790. The van der Waals surface area contributed by atoms with Gasteiger partial charge in [0.15, 0.2) is 0 Å². The van der Waals surface area contributed by atoms with E-state index in [1.807, 2.05) is 108 Å². The first-order valence-corrected chi connectivity index (χ1v) is 22.1. The highest BCUT2D eigenvalue weighted by Crippen LogP contribution is 2.35. The van der Waals surface area contributed by atoms with Crippen molar-refractivity contribution in [2.45, 2.75) is 51.4 Å². The number of carbonyl (C=O) groups excluding carboxylic acids is 3. The summed E-state index contributed by atoms with van der Waals surface area (Å²) < 4.78 is 0. The molecule has 0 aliphatic carbocycles. The maximum atomic E-state index is 13.1. The molecule has 6 aromatic rings. The fourth-order valence-electron chi connectivity index (χ4n) is 8.99. The normalized spacial score (nSPS) is 16.3. The molecule has 4 fully saturated rings. The number of aromatic amines is 2. The second-order valence-corrected chi connectivity index (χ2v) is 17.8. The Hall–Kier alpha value is -7.19. The molecule has 0 bridgehead atoms. The number of hydrogen-bond donors (Lipinski definition) is 3. The monoisotopic (exact) mass is 866 g/mol. The Kier molecular flexibility index (Phi) is 12.9. The molecule has 4 aliphatic rings. The van der Waals surface area contributed by atoms with Gasteiger partial charge >= 0.3 is 0 Å². The van der Waals surface area contributed by atoms with Crippen molar-refractivity contribution >= 4 is 18.6 Å². The van der Waals surface area contributed by atoms with Gasteiger partial charge in [0.1, 0.15) is 18.4 Å². The van der Waals surface area contributed by atoms with Gasteiger partial charge in [-0.05, 0) is 106 Å². The van der Waals surface area contributed by atoms with E-state index in [0.29, 0.717) is 72.1 Å². The molecule has 4 aromatic carbocycles. The third-order valence-electron chi connectivity index (χ3n) is 13.3. The molecule has 13 nitrogen and oxygen atoms in total. The second-order valence-electron chi connectivity index (χ2n) is 17.8. The number of hydrogen-bond acceptors (Lipinski definition) is 9. The van der Waals surface area contributed by atoms with Crippen LogP contribution in [0.15, 0.2) is 84.9 Å². The van der Waals surface area contributed by atoms with Crippen LogP contribution in [0, 0.1) is 50.4 Å². The SMILES string of the molecule is C=O.Cc1ccc(C(=O)N2CC(c3ccc(C#N)cc3)C2)cc1-c1nc(C2CN(C)C2)[nH]c1C.Cc1ccc(C(=O)N2CC(c3ccc(C#N)cc3)C2)cc1-c1nc(C2CNC2)[nH]c1C. The van der Waals surface area contributed by atoms with Crippen LogP contribution < -0.4 is 5.32 Å². The van der Waals surface area contributed by atoms with Crippen molar-refractivity contribution in [3.8, 4) is 34.7 Å². The highest BCUT2D eigenvalue weighted by Gasteiger charge is 2.34. The minimum Gasteiger partial charge on any atom is -0.345 e. The molecule has 330 valence electrons. The molecule has 2 amide bonds. The molecular formula is C52H54N10O3. The van der Waals surface area contributed by atoms with E-state index in [-0.39, 0.29) is 11.8 Å². The highest BCUT2D eigenvalue weighted by atomic mass is 16.2. The molecule has 3 N–H and O–H groups in total. The molecule has 0 spiro atoms. The van der Waals surface area contributed by atoms with Crippen molar-refractivity contribution in [1.29, 1.82) is 10.5 Å². The first kappa shape index (κ1) is 44.4. The third kappa shape index (κ3) is 9.12. The van der Waals surface area contributed by atoms with Crippen LogP contribution in [-0.4, -0.2) is 113 Å². The largest absolute Gasteiger partial charge is 0.345 e. The minimum absolute atomic E-state index is 0.0581.